The molecule has 0 aliphatic rings. The molecule has 0 bridgehead atoms. The minimum absolute atomic E-state index is 0.214. The molecule has 5 nitrogen and oxygen atoms in total. The highest BCUT2D eigenvalue weighted by atomic mass is 16.5. The molecule has 1 amide bonds. The van der Waals surface area contributed by atoms with Crippen LogP contribution >= 0.6 is 0 Å². The van der Waals surface area contributed by atoms with Crippen LogP contribution in [0.3, 0.4) is 0 Å². The topological polar surface area (TPSA) is 68.5 Å². The summed E-state index contributed by atoms with van der Waals surface area (Å²) in [4.78, 5) is 23.7. The number of ether oxygens (including phenoxy) is 1. The van der Waals surface area contributed by atoms with Crippen molar-refractivity contribution in [2.24, 2.45) is 0 Å². The third kappa shape index (κ3) is 4.21. The standard InChI is InChI=1S/C16H17NO4/c1-2-3-9-21-16(19)12-6-4-7-13(11-12)17-15(18)14-8-5-10-20-14/h4-8,10-11H,2-3,9H2,1H3,(H,17,18). The quantitative estimate of drug-likeness (QED) is 0.652. The van der Waals surface area contributed by atoms with Crippen molar-refractivity contribution in [3.63, 3.8) is 0 Å². The van der Waals surface area contributed by atoms with Crippen LogP contribution in [-0.2, 0) is 4.74 Å². The van der Waals surface area contributed by atoms with E-state index in [1.54, 1.807) is 36.4 Å². The van der Waals surface area contributed by atoms with Gasteiger partial charge in [-0.15, -0.1) is 0 Å². The minimum atomic E-state index is -0.391. The summed E-state index contributed by atoms with van der Waals surface area (Å²) in [5.74, 6) is -0.542. The fraction of sp³-hybridized carbons (Fsp3) is 0.250. The molecule has 2 rings (SSSR count). The summed E-state index contributed by atoms with van der Waals surface area (Å²) >= 11 is 0. The molecule has 110 valence electrons. The largest absolute Gasteiger partial charge is 0.462 e. The highest BCUT2D eigenvalue weighted by molar-refractivity contribution is 6.02. The van der Waals surface area contributed by atoms with Gasteiger partial charge in [-0.3, -0.25) is 4.79 Å². The molecule has 0 atom stereocenters. The number of carbonyl (C=O) groups excluding carboxylic acids is 2. The highest BCUT2D eigenvalue weighted by Gasteiger charge is 2.11. The lowest BCUT2D eigenvalue weighted by molar-refractivity contribution is 0.0499. The first kappa shape index (κ1) is 14.8. The molecule has 0 saturated heterocycles. The van der Waals surface area contributed by atoms with Gasteiger partial charge in [-0.1, -0.05) is 19.4 Å². The summed E-state index contributed by atoms with van der Waals surface area (Å²) in [7, 11) is 0. The maximum absolute atomic E-state index is 11.8. The summed E-state index contributed by atoms with van der Waals surface area (Å²) in [6.07, 6.45) is 3.23. The van der Waals surface area contributed by atoms with Crippen LogP contribution in [0.25, 0.3) is 0 Å². The molecule has 1 aromatic heterocycles. The molecular formula is C16H17NO4. The van der Waals surface area contributed by atoms with Crippen molar-refractivity contribution in [1.29, 1.82) is 0 Å². The lowest BCUT2D eigenvalue weighted by atomic mass is 10.2. The van der Waals surface area contributed by atoms with Crippen LogP contribution in [0.15, 0.2) is 47.1 Å². The van der Waals surface area contributed by atoms with Crippen LogP contribution in [0.5, 0.6) is 0 Å². The van der Waals surface area contributed by atoms with Crippen molar-refractivity contribution in [3.05, 3.63) is 54.0 Å². The second kappa shape index (κ2) is 7.28. The Balaban J connectivity index is 2.00. The molecule has 1 N–H and O–H groups in total. The summed E-state index contributed by atoms with van der Waals surface area (Å²) in [6, 6.07) is 9.82. The Morgan fingerprint density at radius 2 is 2.10 bits per heavy atom. The van der Waals surface area contributed by atoms with Gasteiger partial charge in [-0.25, -0.2) is 4.79 Å². The van der Waals surface area contributed by atoms with Gasteiger partial charge in [0.15, 0.2) is 5.76 Å². The van der Waals surface area contributed by atoms with E-state index in [-0.39, 0.29) is 11.7 Å². The zero-order valence-electron chi connectivity index (χ0n) is 11.8. The molecular weight excluding hydrogens is 270 g/mol. The highest BCUT2D eigenvalue weighted by Crippen LogP contribution is 2.13. The van der Waals surface area contributed by atoms with E-state index in [1.807, 2.05) is 6.92 Å². The fourth-order valence-electron chi connectivity index (χ4n) is 1.72. The Morgan fingerprint density at radius 3 is 2.81 bits per heavy atom. The molecule has 2 aromatic rings. The molecule has 0 aliphatic carbocycles. The van der Waals surface area contributed by atoms with Gasteiger partial charge in [0.05, 0.1) is 18.4 Å². The second-order valence-corrected chi connectivity index (χ2v) is 4.50. The molecule has 5 heteroatoms. The molecule has 21 heavy (non-hydrogen) atoms. The monoisotopic (exact) mass is 287 g/mol. The smallest absolute Gasteiger partial charge is 0.338 e. The number of carbonyl (C=O) groups is 2. The maximum Gasteiger partial charge on any atom is 0.338 e. The number of unbranched alkanes of at least 4 members (excludes halogenated alkanes) is 1. The van der Waals surface area contributed by atoms with E-state index in [1.165, 1.54) is 6.26 Å². The Labute approximate surface area is 122 Å². The Morgan fingerprint density at radius 1 is 1.24 bits per heavy atom. The van der Waals surface area contributed by atoms with E-state index in [9.17, 15) is 9.59 Å². The third-order valence-electron chi connectivity index (χ3n) is 2.83. The first-order chi connectivity index (χ1) is 10.2. The third-order valence-corrected chi connectivity index (χ3v) is 2.83. The van der Waals surface area contributed by atoms with Crippen LogP contribution in [0.4, 0.5) is 5.69 Å². The molecule has 0 aliphatic heterocycles. The van der Waals surface area contributed by atoms with E-state index in [0.717, 1.165) is 12.8 Å². The van der Waals surface area contributed by atoms with E-state index < -0.39 is 5.97 Å². The van der Waals surface area contributed by atoms with E-state index >= 15 is 0 Å². The molecule has 0 unspecified atom stereocenters. The van der Waals surface area contributed by atoms with Crippen LogP contribution in [-0.4, -0.2) is 18.5 Å². The van der Waals surface area contributed by atoms with Gasteiger partial charge in [0.2, 0.25) is 0 Å². The number of esters is 1. The fourth-order valence-corrected chi connectivity index (χ4v) is 1.72. The van der Waals surface area contributed by atoms with Crippen molar-refractivity contribution >= 4 is 17.6 Å². The molecule has 1 heterocycles. The van der Waals surface area contributed by atoms with Crippen molar-refractivity contribution in [1.82, 2.24) is 0 Å². The van der Waals surface area contributed by atoms with Gasteiger partial charge in [0.1, 0.15) is 0 Å². The lowest BCUT2D eigenvalue weighted by Crippen LogP contribution is -2.12. The van der Waals surface area contributed by atoms with Crippen LogP contribution < -0.4 is 5.32 Å². The van der Waals surface area contributed by atoms with Crippen LogP contribution in [0, 0.1) is 0 Å². The normalized spacial score (nSPS) is 10.1. The minimum Gasteiger partial charge on any atom is -0.462 e. The van der Waals surface area contributed by atoms with Gasteiger partial charge in [-0.05, 0) is 36.8 Å². The van der Waals surface area contributed by atoms with Crippen LogP contribution in [0.1, 0.15) is 40.7 Å². The van der Waals surface area contributed by atoms with Gasteiger partial charge >= 0.3 is 5.97 Å². The molecule has 0 spiro atoms. The average Bonchev–Trinajstić information content (AvgIpc) is 3.02. The van der Waals surface area contributed by atoms with Crippen molar-refractivity contribution in [2.75, 3.05) is 11.9 Å². The molecule has 1 aromatic carbocycles. The Bertz CT molecular complexity index is 604. The summed E-state index contributed by atoms with van der Waals surface area (Å²) in [5.41, 5.74) is 0.921. The van der Waals surface area contributed by atoms with E-state index in [4.69, 9.17) is 9.15 Å². The molecule has 0 radical (unpaired) electrons. The van der Waals surface area contributed by atoms with Gasteiger partial charge < -0.3 is 14.5 Å². The second-order valence-electron chi connectivity index (χ2n) is 4.50. The number of benzene rings is 1. The van der Waals surface area contributed by atoms with Crippen molar-refractivity contribution in [3.8, 4) is 0 Å². The zero-order valence-corrected chi connectivity index (χ0v) is 11.8. The molecule has 0 saturated carbocycles. The summed E-state index contributed by atoms with van der Waals surface area (Å²) in [6.45, 7) is 2.43. The zero-order chi connectivity index (χ0) is 15.1. The number of rotatable bonds is 6. The molecule has 0 fully saturated rings. The first-order valence-electron chi connectivity index (χ1n) is 6.82. The van der Waals surface area contributed by atoms with E-state index in [2.05, 4.69) is 5.32 Å². The summed E-state index contributed by atoms with van der Waals surface area (Å²) in [5, 5.41) is 2.67. The number of furan rings is 1. The first-order valence-corrected chi connectivity index (χ1v) is 6.82. The lowest BCUT2D eigenvalue weighted by Gasteiger charge is -2.07. The maximum atomic E-state index is 11.8. The van der Waals surface area contributed by atoms with Crippen LogP contribution in [0.2, 0.25) is 0 Å². The van der Waals surface area contributed by atoms with Crippen molar-refractivity contribution < 1.29 is 18.7 Å². The number of amides is 1. The summed E-state index contributed by atoms with van der Waals surface area (Å²) < 4.78 is 10.1. The van der Waals surface area contributed by atoms with Gasteiger partial charge in [0, 0.05) is 5.69 Å². The SMILES string of the molecule is CCCCOC(=O)c1cccc(NC(=O)c2ccco2)c1. The van der Waals surface area contributed by atoms with Crippen molar-refractivity contribution in [2.45, 2.75) is 19.8 Å². The Hall–Kier alpha value is -2.56. The number of anilines is 1. The number of hydrogen-bond donors (Lipinski definition) is 1. The number of hydrogen-bond acceptors (Lipinski definition) is 4. The van der Waals surface area contributed by atoms with E-state index in [0.29, 0.717) is 17.9 Å². The van der Waals surface area contributed by atoms with Gasteiger partial charge in [-0.2, -0.15) is 0 Å². The van der Waals surface area contributed by atoms with Gasteiger partial charge in [0.25, 0.3) is 5.91 Å². The average molecular weight is 287 g/mol. The Kier molecular flexibility index (Phi) is 5.15. The number of nitrogens with one attached hydrogen (secondary N) is 1. The predicted molar refractivity (Wildman–Crippen MR) is 78.3 cm³/mol. The predicted octanol–water partition coefficient (Wildman–Crippen LogP) is 3.49.